The average Bonchev–Trinajstić information content (AvgIpc) is 1.67. The minimum absolute atomic E-state index is 0.287. The first-order chi connectivity index (χ1) is 3.68. The lowest BCUT2D eigenvalue weighted by molar-refractivity contribution is 0.349. The molecule has 1 heteroatoms. The summed E-state index contributed by atoms with van der Waals surface area (Å²) >= 11 is 0. The van der Waals surface area contributed by atoms with Crippen LogP contribution < -0.4 is 0 Å². The summed E-state index contributed by atoms with van der Waals surface area (Å²) in [6.07, 6.45) is 2.76. The van der Waals surface area contributed by atoms with Crippen molar-refractivity contribution >= 4 is 0 Å². The zero-order chi connectivity index (χ0) is 6.57. The first-order valence-electron chi connectivity index (χ1n) is 3.07. The van der Waals surface area contributed by atoms with Crippen molar-refractivity contribution in [2.24, 2.45) is 5.92 Å². The Morgan fingerprint density at radius 1 is 1.62 bits per heavy atom. The van der Waals surface area contributed by atoms with Gasteiger partial charge in [0.15, 0.2) is 0 Å². The van der Waals surface area contributed by atoms with Crippen LogP contribution in [-0.4, -0.2) is 5.11 Å². The Labute approximate surface area is 51.0 Å². The maximum atomic E-state index is 8.99. The molecule has 0 aromatic heterocycles. The van der Waals surface area contributed by atoms with Crippen LogP contribution in [0, 0.1) is 5.92 Å². The predicted molar refractivity (Wildman–Crippen MR) is 35.8 cm³/mol. The lowest BCUT2D eigenvalue weighted by atomic mass is 10.1. The van der Waals surface area contributed by atoms with Crippen LogP contribution in [-0.2, 0) is 0 Å². The van der Waals surface area contributed by atoms with Gasteiger partial charge in [-0.2, -0.15) is 0 Å². The molecular weight excluding hydrogens is 100 g/mol. The number of hydrogen-bond donors (Lipinski definition) is 1. The normalized spacial score (nSPS) is 12.8. The largest absolute Gasteiger partial charge is 0.512 e. The molecule has 0 bridgehead atoms. The molecule has 0 saturated heterocycles. The highest BCUT2D eigenvalue weighted by atomic mass is 16.3. The van der Waals surface area contributed by atoms with Gasteiger partial charge >= 0.3 is 0 Å². The Balaban J connectivity index is 3.61. The van der Waals surface area contributed by atoms with Crippen LogP contribution in [0.25, 0.3) is 0 Å². The minimum atomic E-state index is 0.287. The van der Waals surface area contributed by atoms with Gasteiger partial charge in [-0.25, -0.2) is 0 Å². The monoisotopic (exact) mass is 114 g/mol. The maximum absolute atomic E-state index is 8.99. The van der Waals surface area contributed by atoms with Gasteiger partial charge in [-0.3, -0.25) is 0 Å². The molecule has 0 aliphatic rings. The third kappa shape index (κ3) is 2.67. The summed E-state index contributed by atoms with van der Waals surface area (Å²) in [5.41, 5.74) is 0. The van der Waals surface area contributed by atoms with Gasteiger partial charge < -0.3 is 5.11 Å². The van der Waals surface area contributed by atoms with E-state index in [-0.39, 0.29) is 5.92 Å². The molecule has 0 fully saturated rings. The number of aliphatic hydroxyl groups is 1. The summed E-state index contributed by atoms with van der Waals surface area (Å²) in [7, 11) is 0. The molecule has 0 saturated carbocycles. The van der Waals surface area contributed by atoms with E-state index in [9.17, 15) is 0 Å². The fraction of sp³-hybridized carbons (Fsp3) is 0.714. The van der Waals surface area contributed by atoms with E-state index in [2.05, 4.69) is 0 Å². The summed E-state index contributed by atoms with van der Waals surface area (Å²) < 4.78 is 0. The molecular formula is C7H14O. The summed E-state index contributed by atoms with van der Waals surface area (Å²) in [5.74, 6) is 0.794. The van der Waals surface area contributed by atoms with Gasteiger partial charge in [0.05, 0.1) is 5.76 Å². The van der Waals surface area contributed by atoms with Crippen molar-refractivity contribution in [3.8, 4) is 0 Å². The van der Waals surface area contributed by atoms with E-state index in [4.69, 9.17) is 5.11 Å². The number of rotatable bonds is 2. The van der Waals surface area contributed by atoms with Gasteiger partial charge in [0.25, 0.3) is 0 Å². The van der Waals surface area contributed by atoms with Crippen molar-refractivity contribution in [1.82, 2.24) is 0 Å². The first-order valence-corrected chi connectivity index (χ1v) is 3.07. The fourth-order valence-corrected chi connectivity index (χ4v) is 0.445. The summed E-state index contributed by atoms with van der Waals surface area (Å²) in [4.78, 5) is 0. The molecule has 0 rings (SSSR count). The molecule has 0 radical (unpaired) electrons. The predicted octanol–water partition coefficient (Wildman–Crippen LogP) is 2.49. The van der Waals surface area contributed by atoms with E-state index in [1.165, 1.54) is 0 Å². The molecule has 8 heavy (non-hydrogen) atoms. The molecule has 1 nitrogen and oxygen atoms in total. The quantitative estimate of drug-likeness (QED) is 0.547. The Morgan fingerprint density at radius 2 is 2.12 bits per heavy atom. The fourth-order valence-electron chi connectivity index (χ4n) is 0.445. The number of aliphatic hydroxyl groups excluding tert-OH is 1. The Hall–Kier alpha value is -0.460. The standard InChI is InChI=1S/C7H14O/c1-4-5-7(8)6(2)3/h5-6,8H,4H2,1-3H3/b7-5+. The zero-order valence-corrected chi connectivity index (χ0v) is 5.81. The lowest BCUT2D eigenvalue weighted by Gasteiger charge is -2.00. The molecule has 0 aliphatic carbocycles. The second-order valence-electron chi connectivity index (χ2n) is 2.19. The second kappa shape index (κ2) is 3.53. The maximum Gasteiger partial charge on any atom is 0.0908 e. The molecule has 0 unspecified atom stereocenters. The van der Waals surface area contributed by atoms with Gasteiger partial charge in [-0.1, -0.05) is 20.8 Å². The molecule has 0 amide bonds. The van der Waals surface area contributed by atoms with Crippen molar-refractivity contribution in [3.63, 3.8) is 0 Å². The SMILES string of the molecule is CC/C=C(/O)C(C)C. The van der Waals surface area contributed by atoms with E-state index in [0.717, 1.165) is 6.42 Å². The average molecular weight is 114 g/mol. The molecule has 0 heterocycles. The highest BCUT2D eigenvalue weighted by Crippen LogP contribution is 2.04. The van der Waals surface area contributed by atoms with E-state index in [1.54, 1.807) is 0 Å². The van der Waals surface area contributed by atoms with Gasteiger partial charge in [0, 0.05) is 5.92 Å². The van der Waals surface area contributed by atoms with Crippen LogP contribution in [0.1, 0.15) is 27.2 Å². The smallest absolute Gasteiger partial charge is 0.0908 e. The van der Waals surface area contributed by atoms with Crippen molar-refractivity contribution in [1.29, 1.82) is 0 Å². The van der Waals surface area contributed by atoms with Crippen LogP contribution >= 0.6 is 0 Å². The first kappa shape index (κ1) is 7.54. The van der Waals surface area contributed by atoms with Crippen molar-refractivity contribution in [2.75, 3.05) is 0 Å². The molecule has 1 N–H and O–H groups in total. The van der Waals surface area contributed by atoms with Crippen LogP contribution in [0.4, 0.5) is 0 Å². The van der Waals surface area contributed by atoms with Crippen molar-refractivity contribution in [2.45, 2.75) is 27.2 Å². The highest BCUT2D eigenvalue weighted by molar-refractivity contribution is 4.92. The van der Waals surface area contributed by atoms with Crippen LogP contribution in [0.3, 0.4) is 0 Å². The summed E-state index contributed by atoms with van der Waals surface area (Å²) in [6.45, 7) is 5.96. The Kier molecular flexibility index (Phi) is 3.33. The van der Waals surface area contributed by atoms with E-state index < -0.39 is 0 Å². The second-order valence-corrected chi connectivity index (χ2v) is 2.19. The van der Waals surface area contributed by atoms with Crippen LogP contribution in [0.5, 0.6) is 0 Å². The van der Waals surface area contributed by atoms with E-state index in [0.29, 0.717) is 5.76 Å². The number of allylic oxidation sites excluding steroid dienone is 2. The Morgan fingerprint density at radius 3 is 2.25 bits per heavy atom. The molecule has 0 aromatic carbocycles. The minimum Gasteiger partial charge on any atom is -0.512 e. The lowest BCUT2D eigenvalue weighted by Crippen LogP contribution is -1.90. The van der Waals surface area contributed by atoms with Crippen LogP contribution in [0.15, 0.2) is 11.8 Å². The Bertz CT molecular complexity index is 82.4. The molecule has 48 valence electrons. The molecule has 0 aromatic rings. The van der Waals surface area contributed by atoms with Crippen molar-refractivity contribution < 1.29 is 5.11 Å². The highest BCUT2D eigenvalue weighted by Gasteiger charge is 1.95. The van der Waals surface area contributed by atoms with Gasteiger partial charge in [-0.15, -0.1) is 0 Å². The third-order valence-corrected chi connectivity index (χ3v) is 1.00. The zero-order valence-electron chi connectivity index (χ0n) is 5.81. The molecule has 0 spiro atoms. The van der Waals surface area contributed by atoms with Crippen LogP contribution in [0.2, 0.25) is 0 Å². The van der Waals surface area contributed by atoms with Crippen molar-refractivity contribution in [3.05, 3.63) is 11.8 Å². The van der Waals surface area contributed by atoms with E-state index in [1.807, 2.05) is 26.8 Å². The third-order valence-electron chi connectivity index (χ3n) is 1.00. The van der Waals surface area contributed by atoms with Gasteiger partial charge in [0.2, 0.25) is 0 Å². The summed E-state index contributed by atoms with van der Waals surface area (Å²) in [5, 5.41) is 8.99. The molecule has 0 aliphatic heterocycles. The topological polar surface area (TPSA) is 20.2 Å². The molecule has 0 atom stereocenters. The van der Waals surface area contributed by atoms with E-state index >= 15 is 0 Å². The van der Waals surface area contributed by atoms with Gasteiger partial charge in [0.1, 0.15) is 0 Å². The van der Waals surface area contributed by atoms with Gasteiger partial charge in [-0.05, 0) is 12.5 Å². The number of hydrogen-bond acceptors (Lipinski definition) is 1. The summed E-state index contributed by atoms with van der Waals surface area (Å²) in [6, 6.07) is 0.